The molecule has 18 heavy (non-hydrogen) atoms. The Hall–Kier alpha value is -0.660. The molecule has 0 saturated carbocycles. The summed E-state index contributed by atoms with van der Waals surface area (Å²) in [6, 6.07) is -0.0801. The second kappa shape index (κ2) is 7.70. The van der Waals surface area contributed by atoms with Crippen LogP contribution in [0.3, 0.4) is 0 Å². The highest BCUT2D eigenvalue weighted by Crippen LogP contribution is 2.21. The molecule has 1 atom stereocenters. The Morgan fingerprint density at radius 1 is 1.50 bits per heavy atom. The van der Waals surface area contributed by atoms with Crippen molar-refractivity contribution in [3.05, 3.63) is 5.01 Å². The third-order valence-corrected chi connectivity index (χ3v) is 4.57. The maximum Gasteiger partial charge on any atom is 0.237 e. The molecule has 1 aromatic rings. The summed E-state index contributed by atoms with van der Waals surface area (Å²) < 4.78 is 1.00. The summed E-state index contributed by atoms with van der Waals surface area (Å²) >= 11 is 3.30. The number of hydrogen-bond donors (Lipinski definition) is 1. The van der Waals surface area contributed by atoms with Crippen molar-refractivity contribution < 1.29 is 4.79 Å². The van der Waals surface area contributed by atoms with Gasteiger partial charge in [0, 0.05) is 12.3 Å². The quantitative estimate of drug-likeness (QED) is 0.607. The fraction of sp³-hybridized carbons (Fsp3) is 0.727. The van der Waals surface area contributed by atoms with E-state index in [9.17, 15) is 4.79 Å². The predicted molar refractivity (Wildman–Crippen MR) is 76.1 cm³/mol. The highest BCUT2D eigenvalue weighted by Gasteiger charge is 2.13. The largest absolute Gasteiger partial charge is 0.355 e. The highest BCUT2D eigenvalue weighted by atomic mass is 32.2. The average molecular weight is 288 g/mol. The van der Waals surface area contributed by atoms with Gasteiger partial charge in [0.05, 0.1) is 6.04 Å². The zero-order valence-electron chi connectivity index (χ0n) is 11.3. The summed E-state index contributed by atoms with van der Waals surface area (Å²) in [7, 11) is 3.80. The zero-order chi connectivity index (χ0) is 13.5. The van der Waals surface area contributed by atoms with E-state index in [1.807, 2.05) is 32.8 Å². The average Bonchev–Trinajstić information content (AvgIpc) is 2.73. The van der Waals surface area contributed by atoms with Crippen LogP contribution in [0.4, 0.5) is 0 Å². The van der Waals surface area contributed by atoms with E-state index in [0.717, 1.165) is 21.5 Å². The van der Waals surface area contributed by atoms with E-state index in [-0.39, 0.29) is 11.9 Å². The lowest BCUT2D eigenvalue weighted by atomic mass is 10.3. The first-order valence-corrected chi connectivity index (χ1v) is 7.68. The van der Waals surface area contributed by atoms with Crippen LogP contribution in [0.15, 0.2) is 4.34 Å². The first-order valence-electron chi connectivity index (χ1n) is 5.87. The number of carbonyl (C=O) groups is 1. The summed E-state index contributed by atoms with van der Waals surface area (Å²) in [6.07, 6.45) is 0.940. The zero-order valence-corrected chi connectivity index (χ0v) is 12.9. The number of nitrogens with one attached hydrogen (secondary N) is 1. The highest BCUT2D eigenvalue weighted by molar-refractivity contribution is 8.01. The summed E-state index contributed by atoms with van der Waals surface area (Å²) in [5.41, 5.74) is 0. The molecular formula is C11H20N4OS2. The SMILES string of the molecule is Cc1nnc(SCCCNC(=O)[C@H](C)N(C)C)s1. The lowest BCUT2D eigenvalue weighted by molar-refractivity contribution is -0.124. The number of aromatic nitrogens is 2. The first kappa shape index (κ1) is 15.4. The maximum atomic E-state index is 11.6. The molecule has 0 aliphatic heterocycles. The Kier molecular flexibility index (Phi) is 6.59. The number of amides is 1. The second-order valence-corrected chi connectivity index (χ2v) is 6.74. The van der Waals surface area contributed by atoms with Crippen LogP contribution in [0.1, 0.15) is 18.4 Å². The van der Waals surface area contributed by atoms with E-state index in [4.69, 9.17) is 0 Å². The molecule has 0 fully saturated rings. The molecule has 0 saturated heterocycles. The standard InChI is InChI=1S/C11H20N4OS2/c1-8(15(3)4)10(16)12-6-5-7-17-11-14-13-9(2)18-11/h8H,5-7H2,1-4H3,(H,12,16)/t8-/m0/s1. The summed E-state index contributed by atoms with van der Waals surface area (Å²) in [5, 5.41) is 11.9. The monoisotopic (exact) mass is 288 g/mol. The molecule has 7 heteroatoms. The van der Waals surface area contributed by atoms with Gasteiger partial charge in [0.15, 0.2) is 4.34 Å². The molecular weight excluding hydrogens is 268 g/mol. The Labute approximate surface area is 116 Å². The first-order chi connectivity index (χ1) is 8.50. The molecule has 0 bridgehead atoms. The van der Waals surface area contributed by atoms with E-state index in [2.05, 4.69) is 15.5 Å². The van der Waals surface area contributed by atoms with E-state index in [0.29, 0.717) is 6.54 Å². The van der Waals surface area contributed by atoms with Crippen LogP contribution in [0.5, 0.6) is 0 Å². The van der Waals surface area contributed by atoms with Gasteiger partial charge in [-0.25, -0.2) is 0 Å². The van der Waals surface area contributed by atoms with Gasteiger partial charge in [0.2, 0.25) is 5.91 Å². The van der Waals surface area contributed by atoms with Crippen molar-refractivity contribution in [1.82, 2.24) is 20.4 Å². The van der Waals surface area contributed by atoms with Gasteiger partial charge in [-0.05, 0) is 34.4 Å². The predicted octanol–water partition coefficient (Wildman–Crippen LogP) is 1.40. The molecule has 102 valence electrons. The van der Waals surface area contributed by atoms with Gasteiger partial charge in [-0.3, -0.25) is 9.69 Å². The van der Waals surface area contributed by atoms with Crippen molar-refractivity contribution in [1.29, 1.82) is 0 Å². The van der Waals surface area contributed by atoms with Crippen molar-refractivity contribution in [2.24, 2.45) is 0 Å². The van der Waals surface area contributed by atoms with E-state index in [1.165, 1.54) is 0 Å². The van der Waals surface area contributed by atoms with Crippen LogP contribution >= 0.6 is 23.1 Å². The normalized spacial score (nSPS) is 12.7. The molecule has 1 N–H and O–H groups in total. The molecule has 1 rings (SSSR count). The maximum absolute atomic E-state index is 11.6. The number of hydrogen-bond acceptors (Lipinski definition) is 6. The van der Waals surface area contributed by atoms with Crippen LogP contribution in [-0.4, -0.2) is 53.4 Å². The van der Waals surface area contributed by atoms with Crippen LogP contribution < -0.4 is 5.32 Å². The Bertz CT molecular complexity index is 381. The van der Waals surface area contributed by atoms with Crippen molar-refractivity contribution in [2.45, 2.75) is 30.6 Å². The number of likely N-dealkylation sites (N-methyl/N-ethyl adjacent to an activating group) is 1. The lowest BCUT2D eigenvalue weighted by Gasteiger charge is -2.18. The molecule has 0 aromatic carbocycles. The van der Waals surface area contributed by atoms with E-state index >= 15 is 0 Å². The van der Waals surface area contributed by atoms with Gasteiger partial charge in [-0.1, -0.05) is 23.1 Å². The van der Waals surface area contributed by atoms with Crippen LogP contribution in [0.2, 0.25) is 0 Å². The van der Waals surface area contributed by atoms with Crippen LogP contribution in [0, 0.1) is 6.92 Å². The minimum atomic E-state index is -0.0801. The molecule has 1 heterocycles. The number of thioether (sulfide) groups is 1. The van der Waals surface area contributed by atoms with Crippen molar-refractivity contribution in [2.75, 3.05) is 26.4 Å². The molecule has 0 radical (unpaired) electrons. The summed E-state index contributed by atoms with van der Waals surface area (Å²) in [6.45, 7) is 4.56. The minimum Gasteiger partial charge on any atom is -0.355 e. The number of rotatable bonds is 7. The topological polar surface area (TPSA) is 58.1 Å². The lowest BCUT2D eigenvalue weighted by Crippen LogP contribution is -2.41. The second-order valence-electron chi connectivity index (χ2n) is 4.22. The molecule has 0 aliphatic carbocycles. The van der Waals surface area contributed by atoms with Gasteiger partial charge in [-0.15, -0.1) is 10.2 Å². The number of aryl methyl sites for hydroxylation is 1. The van der Waals surface area contributed by atoms with Gasteiger partial charge in [-0.2, -0.15) is 0 Å². The van der Waals surface area contributed by atoms with Gasteiger partial charge < -0.3 is 5.32 Å². The molecule has 0 spiro atoms. The minimum absolute atomic E-state index is 0.0801. The van der Waals surface area contributed by atoms with E-state index in [1.54, 1.807) is 23.1 Å². The summed E-state index contributed by atoms with van der Waals surface area (Å²) in [4.78, 5) is 13.5. The van der Waals surface area contributed by atoms with Gasteiger partial charge in [0.25, 0.3) is 0 Å². The number of nitrogens with zero attached hydrogens (tertiary/aromatic N) is 3. The van der Waals surface area contributed by atoms with Gasteiger partial charge >= 0.3 is 0 Å². The van der Waals surface area contributed by atoms with Crippen molar-refractivity contribution in [3.63, 3.8) is 0 Å². The number of carbonyl (C=O) groups excluding carboxylic acids is 1. The van der Waals surface area contributed by atoms with E-state index < -0.39 is 0 Å². The van der Waals surface area contributed by atoms with Crippen LogP contribution in [0.25, 0.3) is 0 Å². The third kappa shape index (κ3) is 5.32. The van der Waals surface area contributed by atoms with Gasteiger partial charge in [0.1, 0.15) is 5.01 Å². The third-order valence-electron chi connectivity index (χ3n) is 2.51. The Morgan fingerprint density at radius 3 is 2.78 bits per heavy atom. The molecule has 5 nitrogen and oxygen atoms in total. The van der Waals surface area contributed by atoms with Crippen molar-refractivity contribution in [3.8, 4) is 0 Å². The molecule has 0 aliphatic rings. The Balaban J connectivity index is 2.10. The smallest absolute Gasteiger partial charge is 0.237 e. The molecule has 1 amide bonds. The fourth-order valence-corrected chi connectivity index (χ4v) is 2.99. The van der Waals surface area contributed by atoms with Crippen LogP contribution in [-0.2, 0) is 4.79 Å². The Morgan fingerprint density at radius 2 is 2.22 bits per heavy atom. The van der Waals surface area contributed by atoms with Crippen molar-refractivity contribution >= 4 is 29.0 Å². The summed E-state index contributed by atoms with van der Waals surface area (Å²) in [5.74, 6) is 1.03. The molecule has 0 unspecified atom stereocenters. The molecule has 1 aromatic heterocycles. The fourth-order valence-electron chi connectivity index (χ4n) is 1.16.